The number of carbonyl (C=O) groups is 2. The van der Waals surface area contributed by atoms with E-state index in [0.717, 1.165) is 43.7 Å². The minimum absolute atomic E-state index is 0.341. The highest BCUT2D eigenvalue weighted by Gasteiger charge is 2.44. The van der Waals surface area contributed by atoms with Gasteiger partial charge in [0.1, 0.15) is 11.8 Å². The molecule has 0 radical (unpaired) electrons. The largest absolute Gasteiger partial charge is 0.496 e. The molecule has 0 aromatic heterocycles. The number of ether oxygens (including phenoxy) is 2. The second-order valence-corrected chi connectivity index (χ2v) is 7.85. The average molecular weight is 390 g/mol. The zero-order chi connectivity index (χ0) is 20.1. The summed E-state index contributed by atoms with van der Waals surface area (Å²) in [7, 11) is 2.98. The second-order valence-electron chi connectivity index (χ2n) is 7.85. The van der Waals surface area contributed by atoms with Crippen molar-refractivity contribution in [2.24, 2.45) is 17.8 Å². The Balaban J connectivity index is 1.54. The van der Waals surface area contributed by atoms with E-state index in [-0.39, 0.29) is 0 Å². The maximum atomic E-state index is 12.0. The van der Waals surface area contributed by atoms with Crippen molar-refractivity contribution >= 4 is 12.1 Å². The molecule has 1 aliphatic heterocycles. The van der Waals surface area contributed by atoms with Crippen LogP contribution >= 0.6 is 0 Å². The Morgan fingerprint density at radius 3 is 2.68 bits per heavy atom. The summed E-state index contributed by atoms with van der Waals surface area (Å²) in [4.78, 5) is 25.0. The van der Waals surface area contributed by atoms with Crippen LogP contribution in [0.5, 0.6) is 5.75 Å². The molecule has 1 saturated carbocycles. The SMILES string of the molecule is COC(=O)N1C[C@@H]2CCC(CNCc3ccccc3OC)CC2CC1C(=O)O. The fraction of sp³-hybridized carbons (Fsp3) is 0.619. The van der Waals surface area contributed by atoms with Crippen LogP contribution in [0.1, 0.15) is 31.2 Å². The summed E-state index contributed by atoms with van der Waals surface area (Å²) < 4.78 is 10.2. The predicted molar refractivity (Wildman–Crippen MR) is 104 cm³/mol. The first-order valence-electron chi connectivity index (χ1n) is 9.93. The monoisotopic (exact) mass is 390 g/mol. The van der Waals surface area contributed by atoms with Gasteiger partial charge in [0.25, 0.3) is 0 Å². The Morgan fingerprint density at radius 2 is 1.96 bits per heavy atom. The second kappa shape index (κ2) is 9.28. The summed E-state index contributed by atoms with van der Waals surface area (Å²) in [6.07, 6.45) is 3.09. The van der Waals surface area contributed by atoms with Gasteiger partial charge < -0.3 is 19.9 Å². The van der Waals surface area contributed by atoms with Crippen LogP contribution < -0.4 is 10.1 Å². The number of aliphatic carboxylic acids is 1. The van der Waals surface area contributed by atoms with Crippen LogP contribution in [0.15, 0.2) is 24.3 Å². The molecule has 3 rings (SSSR count). The smallest absolute Gasteiger partial charge is 0.410 e. The van der Waals surface area contributed by atoms with E-state index in [4.69, 9.17) is 9.47 Å². The summed E-state index contributed by atoms with van der Waals surface area (Å²) in [5.41, 5.74) is 1.14. The number of fused-ring (bicyclic) bond motifs is 1. The molecule has 7 nitrogen and oxygen atoms in total. The molecule has 1 aromatic rings. The van der Waals surface area contributed by atoms with Gasteiger partial charge >= 0.3 is 12.1 Å². The Morgan fingerprint density at radius 1 is 1.18 bits per heavy atom. The minimum Gasteiger partial charge on any atom is -0.496 e. The molecule has 1 amide bonds. The maximum absolute atomic E-state index is 12.0. The third kappa shape index (κ3) is 4.58. The number of nitrogens with zero attached hydrogens (tertiary/aromatic N) is 1. The first kappa shape index (κ1) is 20.5. The molecule has 4 atom stereocenters. The molecule has 2 aliphatic rings. The number of rotatable bonds is 6. The molecule has 3 unspecified atom stereocenters. The Labute approximate surface area is 166 Å². The van der Waals surface area contributed by atoms with E-state index >= 15 is 0 Å². The molecule has 7 heteroatoms. The number of nitrogens with one attached hydrogen (secondary N) is 1. The number of methoxy groups -OCH3 is 2. The first-order chi connectivity index (χ1) is 13.5. The van der Waals surface area contributed by atoms with Gasteiger partial charge in [-0.2, -0.15) is 0 Å². The van der Waals surface area contributed by atoms with Gasteiger partial charge in [-0.15, -0.1) is 0 Å². The Hall–Kier alpha value is -2.28. The van der Waals surface area contributed by atoms with Gasteiger partial charge in [-0.25, -0.2) is 9.59 Å². The highest BCUT2D eigenvalue weighted by molar-refractivity contribution is 5.80. The average Bonchev–Trinajstić information content (AvgIpc) is 2.72. The van der Waals surface area contributed by atoms with Gasteiger partial charge in [-0.05, 0) is 56.0 Å². The minimum atomic E-state index is -0.944. The molecule has 154 valence electrons. The summed E-state index contributed by atoms with van der Waals surface area (Å²) in [6.45, 7) is 2.14. The maximum Gasteiger partial charge on any atom is 0.410 e. The number of piperidine rings is 1. The molecular formula is C21H30N2O5. The standard InChI is InChI=1S/C21H30N2O5/c1-27-19-6-4-3-5-15(19)12-22-11-14-7-8-16-13-23(21(26)28-2)18(20(24)25)10-17(16)9-14/h3-6,14,16-18,22H,7-13H2,1-2H3,(H,24,25)/t14?,16-,17?,18?/m0/s1. The third-order valence-electron chi connectivity index (χ3n) is 6.22. The molecule has 28 heavy (non-hydrogen) atoms. The lowest BCUT2D eigenvalue weighted by Gasteiger charge is -2.45. The third-order valence-corrected chi connectivity index (χ3v) is 6.22. The fourth-order valence-corrected chi connectivity index (χ4v) is 4.75. The molecular weight excluding hydrogens is 360 g/mol. The van der Waals surface area contributed by atoms with Crippen molar-refractivity contribution in [3.63, 3.8) is 0 Å². The number of hydrogen-bond donors (Lipinski definition) is 2. The van der Waals surface area contributed by atoms with E-state index in [2.05, 4.69) is 11.4 Å². The zero-order valence-corrected chi connectivity index (χ0v) is 16.6. The van der Waals surface area contributed by atoms with Crippen molar-refractivity contribution in [2.45, 2.75) is 38.3 Å². The number of carbonyl (C=O) groups excluding carboxylic acids is 1. The number of carboxylic acid groups (broad SMARTS) is 1. The van der Waals surface area contributed by atoms with Gasteiger partial charge in [0, 0.05) is 18.7 Å². The van der Waals surface area contributed by atoms with Crippen molar-refractivity contribution in [1.82, 2.24) is 10.2 Å². The van der Waals surface area contributed by atoms with E-state index in [9.17, 15) is 14.7 Å². The topological polar surface area (TPSA) is 88.1 Å². The molecule has 1 aliphatic carbocycles. The highest BCUT2D eigenvalue weighted by Crippen LogP contribution is 2.41. The summed E-state index contributed by atoms with van der Waals surface area (Å²) in [5.74, 6) is 1.17. The number of para-hydroxylation sites is 1. The molecule has 2 N–H and O–H groups in total. The van der Waals surface area contributed by atoms with Gasteiger partial charge in [-0.1, -0.05) is 18.2 Å². The van der Waals surface area contributed by atoms with E-state index in [1.54, 1.807) is 7.11 Å². The van der Waals surface area contributed by atoms with Crippen molar-refractivity contribution in [3.8, 4) is 5.75 Å². The Kier molecular flexibility index (Phi) is 6.78. The van der Waals surface area contributed by atoms with Crippen molar-refractivity contribution in [3.05, 3.63) is 29.8 Å². The number of amides is 1. The molecule has 1 heterocycles. The van der Waals surface area contributed by atoms with Crippen molar-refractivity contribution in [2.75, 3.05) is 27.3 Å². The normalized spacial score (nSPS) is 27.0. The van der Waals surface area contributed by atoms with Gasteiger partial charge in [-0.3, -0.25) is 4.90 Å². The van der Waals surface area contributed by atoms with E-state index in [1.807, 2.05) is 18.2 Å². The zero-order valence-electron chi connectivity index (χ0n) is 16.6. The molecule has 1 saturated heterocycles. The van der Waals surface area contributed by atoms with Crippen LogP contribution in [-0.2, 0) is 16.1 Å². The molecule has 0 bridgehead atoms. The van der Waals surface area contributed by atoms with Gasteiger partial charge in [0.2, 0.25) is 0 Å². The van der Waals surface area contributed by atoms with Crippen molar-refractivity contribution in [1.29, 1.82) is 0 Å². The molecule has 2 fully saturated rings. The van der Waals surface area contributed by atoms with Crippen LogP contribution in [0, 0.1) is 17.8 Å². The van der Waals surface area contributed by atoms with Crippen molar-refractivity contribution < 1.29 is 24.2 Å². The fourth-order valence-electron chi connectivity index (χ4n) is 4.75. The summed E-state index contributed by atoms with van der Waals surface area (Å²) in [6, 6.07) is 7.20. The highest BCUT2D eigenvalue weighted by atomic mass is 16.5. The van der Waals surface area contributed by atoms with Crippen LogP contribution in [0.4, 0.5) is 4.79 Å². The van der Waals surface area contributed by atoms with Crippen LogP contribution in [0.25, 0.3) is 0 Å². The number of carboxylic acids is 1. The lowest BCUT2D eigenvalue weighted by molar-refractivity contribution is -0.146. The van der Waals surface area contributed by atoms with Gasteiger partial charge in [0.15, 0.2) is 0 Å². The summed E-state index contributed by atoms with van der Waals surface area (Å²) >= 11 is 0. The lowest BCUT2D eigenvalue weighted by atomic mass is 9.69. The summed E-state index contributed by atoms with van der Waals surface area (Å²) in [5, 5.41) is 13.1. The van der Waals surface area contributed by atoms with Crippen LogP contribution in [0.3, 0.4) is 0 Å². The van der Waals surface area contributed by atoms with Crippen LogP contribution in [0.2, 0.25) is 0 Å². The predicted octanol–water partition coefficient (Wildman–Crippen LogP) is 2.74. The lowest BCUT2D eigenvalue weighted by Crippen LogP contribution is -2.54. The Bertz CT molecular complexity index is 695. The van der Waals surface area contributed by atoms with Crippen LogP contribution in [-0.4, -0.2) is 55.4 Å². The number of likely N-dealkylation sites (tertiary alicyclic amines) is 1. The quantitative estimate of drug-likeness (QED) is 0.777. The number of hydrogen-bond acceptors (Lipinski definition) is 5. The first-order valence-corrected chi connectivity index (χ1v) is 9.93. The van der Waals surface area contributed by atoms with E-state index < -0.39 is 18.1 Å². The molecule has 0 spiro atoms. The van der Waals surface area contributed by atoms with E-state index in [1.165, 1.54) is 12.0 Å². The van der Waals surface area contributed by atoms with Gasteiger partial charge in [0.05, 0.1) is 14.2 Å². The van der Waals surface area contributed by atoms with E-state index in [0.29, 0.717) is 30.7 Å². The number of benzene rings is 1. The molecule has 1 aromatic carbocycles.